The Morgan fingerprint density at radius 1 is 0.969 bits per heavy atom. The summed E-state index contributed by atoms with van der Waals surface area (Å²) in [6.45, 7) is 0.647. The van der Waals surface area contributed by atoms with E-state index in [1.807, 2.05) is 48.5 Å². The normalized spacial score (nSPS) is 10.6. The molecule has 2 aromatic carbocycles. The summed E-state index contributed by atoms with van der Waals surface area (Å²) in [5.74, 6) is 1.22. The van der Waals surface area contributed by atoms with Gasteiger partial charge in [-0.2, -0.15) is 4.80 Å². The summed E-state index contributed by atoms with van der Waals surface area (Å²) in [6.07, 6.45) is 1.63. The van der Waals surface area contributed by atoms with Crippen molar-refractivity contribution in [2.75, 3.05) is 19.1 Å². The Labute approximate surface area is 185 Å². The molecule has 4 rings (SSSR count). The highest BCUT2D eigenvalue weighted by Crippen LogP contribution is 2.18. The number of aromatic nitrogens is 5. The maximum Gasteiger partial charge on any atom is 0.273 e. The Balaban J connectivity index is 1.61. The zero-order chi connectivity index (χ0) is 22.3. The standard InChI is InChI=1S/C23H22N6O3/c1-31-20-10-8-17(9-11-20)16-29-26-23(25-27-29)28(22(30)19-6-4-3-5-7-19)15-18-12-13-24-21(14-18)32-2/h3-14H,15-16H2,1-2H3. The van der Waals surface area contributed by atoms with Gasteiger partial charge in [0.15, 0.2) is 0 Å². The third kappa shape index (κ3) is 4.89. The highest BCUT2D eigenvalue weighted by Gasteiger charge is 2.23. The fourth-order valence-corrected chi connectivity index (χ4v) is 3.12. The van der Waals surface area contributed by atoms with E-state index < -0.39 is 0 Å². The Kier molecular flexibility index (Phi) is 6.35. The molecule has 0 atom stereocenters. The average molecular weight is 430 g/mol. The van der Waals surface area contributed by atoms with Crippen LogP contribution >= 0.6 is 0 Å². The molecule has 0 aliphatic carbocycles. The van der Waals surface area contributed by atoms with Crippen molar-refractivity contribution in [1.29, 1.82) is 0 Å². The molecule has 0 spiro atoms. The lowest BCUT2D eigenvalue weighted by Crippen LogP contribution is -2.31. The van der Waals surface area contributed by atoms with Crippen molar-refractivity contribution < 1.29 is 14.3 Å². The van der Waals surface area contributed by atoms with Gasteiger partial charge in [0, 0.05) is 17.8 Å². The molecule has 162 valence electrons. The Morgan fingerprint density at radius 3 is 2.47 bits per heavy atom. The number of hydrogen-bond acceptors (Lipinski definition) is 7. The van der Waals surface area contributed by atoms with Crippen LogP contribution in [0.15, 0.2) is 72.9 Å². The SMILES string of the molecule is COc1ccc(Cn2nnc(N(Cc3ccnc(OC)c3)C(=O)c3ccccc3)n2)cc1. The van der Waals surface area contributed by atoms with Crippen LogP contribution in [0.1, 0.15) is 21.5 Å². The molecule has 32 heavy (non-hydrogen) atoms. The molecule has 0 fully saturated rings. The third-order valence-corrected chi connectivity index (χ3v) is 4.78. The second-order valence-electron chi connectivity index (χ2n) is 6.93. The number of ether oxygens (including phenoxy) is 2. The largest absolute Gasteiger partial charge is 0.497 e. The summed E-state index contributed by atoms with van der Waals surface area (Å²) in [5, 5.41) is 12.7. The minimum atomic E-state index is -0.231. The van der Waals surface area contributed by atoms with E-state index in [1.54, 1.807) is 38.6 Å². The van der Waals surface area contributed by atoms with Gasteiger partial charge in [-0.1, -0.05) is 35.4 Å². The fourth-order valence-electron chi connectivity index (χ4n) is 3.12. The van der Waals surface area contributed by atoms with E-state index in [2.05, 4.69) is 20.4 Å². The zero-order valence-corrected chi connectivity index (χ0v) is 17.8. The first-order chi connectivity index (χ1) is 15.7. The Hall–Kier alpha value is -4.27. The molecule has 4 aromatic rings. The quantitative estimate of drug-likeness (QED) is 0.424. The minimum absolute atomic E-state index is 0.211. The first-order valence-corrected chi connectivity index (χ1v) is 9.93. The van der Waals surface area contributed by atoms with E-state index in [4.69, 9.17) is 9.47 Å². The summed E-state index contributed by atoms with van der Waals surface area (Å²) in [5.41, 5.74) is 2.34. The van der Waals surface area contributed by atoms with Gasteiger partial charge in [-0.25, -0.2) is 4.98 Å². The fraction of sp³-hybridized carbons (Fsp3) is 0.174. The van der Waals surface area contributed by atoms with E-state index in [9.17, 15) is 4.79 Å². The number of nitrogens with zero attached hydrogens (tertiary/aromatic N) is 6. The summed E-state index contributed by atoms with van der Waals surface area (Å²) in [4.78, 5) is 20.4. The number of carbonyl (C=O) groups excluding carboxylic acids is 1. The summed E-state index contributed by atoms with van der Waals surface area (Å²) in [6, 6.07) is 20.2. The van der Waals surface area contributed by atoms with Crippen LogP contribution in [-0.2, 0) is 13.1 Å². The van der Waals surface area contributed by atoms with Gasteiger partial charge < -0.3 is 9.47 Å². The summed E-state index contributed by atoms with van der Waals surface area (Å²) in [7, 11) is 3.17. The lowest BCUT2D eigenvalue weighted by atomic mass is 10.2. The number of pyridine rings is 1. The predicted octanol–water partition coefficient (Wildman–Crippen LogP) is 2.98. The van der Waals surface area contributed by atoms with Crippen LogP contribution < -0.4 is 14.4 Å². The highest BCUT2D eigenvalue weighted by atomic mass is 16.5. The minimum Gasteiger partial charge on any atom is -0.497 e. The number of methoxy groups -OCH3 is 2. The first kappa shape index (κ1) is 21.0. The molecular weight excluding hydrogens is 408 g/mol. The van der Waals surface area contributed by atoms with Crippen LogP contribution in [0.2, 0.25) is 0 Å². The van der Waals surface area contributed by atoms with Crippen molar-refractivity contribution in [1.82, 2.24) is 25.2 Å². The van der Waals surface area contributed by atoms with E-state index in [-0.39, 0.29) is 18.4 Å². The topological polar surface area (TPSA) is 95.3 Å². The predicted molar refractivity (Wildman–Crippen MR) is 118 cm³/mol. The number of anilines is 1. The van der Waals surface area contributed by atoms with Crippen LogP contribution in [0.25, 0.3) is 0 Å². The van der Waals surface area contributed by atoms with E-state index in [0.717, 1.165) is 16.9 Å². The number of rotatable bonds is 8. The smallest absolute Gasteiger partial charge is 0.273 e. The highest BCUT2D eigenvalue weighted by molar-refractivity contribution is 6.04. The number of carbonyl (C=O) groups is 1. The average Bonchev–Trinajstić information content (AvgIpc) is 3.31. The van der Waals surface area contributed by atoms with E-state index >= 15 is 0 Å². The van der Waals surface area contributed by atoms with Gasteiger partial charge in [0.05, 0.1) is 27.3 Å². The molecule has 0 N–H and O–H groups in total. The number of tetrazole rings is 1. The van der Waals surface area contributed by atoms with Crippen LogP contribution in [0, 0.1) is 0 Å². The van der Waals surface area contributed by atoms with Crippen LogP contribution in [0.4, 0.5) is 5.95 Å². The Bertz CT molecular complexity index is 1180. The molecule has 1 amide bonds. The molecule has 0 aliphatic heterocycles. The summed E-state index contributed by atoms with van der Waals surface area (Å²) < 4.78 is 10.4. The van der Waals surface area contributed by atoms with Crippen LogP contribution in [0.5, 0.6) is 11.6 Å². The zero-order valence-electron chi connectivity index (χ0n) is 17.8. The van der Waals surface area contributed by atoms with Crippen molar-refractivity contribution in [3.63, 3.8) is 0 Å². The van der Waals surface area contributed by atoms with E-state index in [1.165, 1.54) is 9.70 Å². The number of amides is 1. The van der Waals surface area contributed by atoms with Crippen molar-refractivity contribution in [2.45, 2.75) is 13.1 Å². The van der Waals surface area contributed by atoms with Crippen molar-refractivity contribution in [2.24, 2.45) is 0 Å². The summed E-state index contributed by atoms with van der Waals surface area (Å²) >= 11 is 0. The van der Waals surface area contributed by atoms with Gasteiger partial charge in [0.2, 0.25) is 5.88 Å². The molecular formula is C23H22N6O3. The number of hydrogen-bond donors (Lipinski definition) is 0. The first-order valence-electron chi connectivity index (χ1n) is 9.93. The Morgan fingerprint density at radius 2 is 1.75 bits per heavy atom. The number of benzene rings is 2. The second-order valence-corrected chi connectivity index (χ2v) is 6.93. The molecule has 0 bridgehead atoms. The lowest BCUT2D eigenvalue weighted by Gasteiger charge is -2.19. The molecule has 0 saturated heterocycles. The molecule has 0 radical (unpaired) electrons. The molecule has 0 aliphatic rings. The van der Waals surface area contributed by atoms with Gasteiger partial charge >= 0.3 is 0 Å². The van der Waals surface area contributed by atoms with Crippen LogP contribution in [-0.4, -0.2) is 45.3 Å². The maximum absolute atomic E-state index is 13.3. The molecule has 9 nitrogen and oxygen atoms in total. The van der Waals surface area contributed by atoms with E-state index in [0.29, 0.717) is 18.0 Å². The molecule has 0 unspecified atom stereocenters. The third-order valence-electron chi connectivity index (χ3n) is 4.78. The molecule has 0 saturated carbocycles. The lowest BCUT2D eigenvalue weighted by molar-refractivity contribution is 0.0983. The maximum atomic E-state index is 13.3. The monoisotopic (exact) mass is 430 g/mol. The second kappa shape index (κ2) is 9.69. The molecule has 2 heterocycles. The molecule has 2 aromatic heterocycles. The van der Waals surface area contributed by atoms with Gasteiger partial charge in [0.25, 0.3) is 11.9 Å². The van der Waals surface area contributed by atoms with Crippen molar-refractivity contribution in [3.8, 4) is 11.6 Å². The van der Waals surface area contributed by atoms with Gasteiger partial charge in [-0.15, -0.1) is 5.10 Å². The van der Waals surface area contributed by atoms with Crippen molar-refractivity contribution >= 4 is 11.9 Å². The van der Waals surface area contributed by atoms with Gasteiger partial charge in [-0.3, -0.25) is 9.69 Å². The van der Waals surface area contributed by atoms with Gasteiger partial charge in [-0.05, 0) is 46.7 Å². The van der Waals surface area contributed by atoms with Crippen molar-refractivity contribution in [3.05, 3.63) is 89.6 Å². The van der Waals surface area contributed by atoms with Crippen LogP contribution in [0.3, 0.4) is 0 Å². The molecule has 9 heteroatoms. The van der Waals surface area contributed by atoms with Gasteiger partial charge in [0.1, 0.15) is 5.75 Å².